The highest BCUT2D eigenvalue weighted by molar-refractivity contribution is 7.32. The van der Waals surface area contributed by atoms with Gasteiger partial charge in [0, 0.05) is 34.9 Å². The van der Waals surface area contributed by atoms with E-state index in [1.165, 1.54) is 6.33 Å². The van der Waals surface area contributed by atoms with Gasteiger partial charge in [-0.1, -0.05) is 0 Å². The molecule has 2 rings (SSSR count). The number of aromatic nitrogens is 2. The summed E-state index contributed by atoms with van der Waals surface area (Å²) in [4.78, 5) is 16.9. The molecule has 1 fully saturated rings. The van der Waals surface area contributed by atoms with E-state index >= 15 is 0 Å². The standard InChI is InChI=1S/C11H16N3O4P/c1-7-2-11(13-6-12-7)14-9-3-8(5-15)10(4-9)18-19(16)17/h2,6,8-10,15H,3-5H2,1H3,(H-,12,13,14,16,17)/p+1/t8-,9-,10+/m1/s1. The first-order chi connectivity index (χ1) is 9.08. The van der Waals surface area contributed by atoms with Crippen LogP contribution in [-0.4, -0.2) is 38.7 Å². The van der Waals surface area contributed by atoms with Gasteiger partial charge in [-0.2, -0.15) is 0 Å². The second-order valence-electron chi connectivity index (χ2n) is 4.68. The molecule has 1 heterocycles. The summed E-state index contributed by atoms with van der Waals surface area (Å²) in [5.74, 6) is 0.578. The molecule has 7 nitrogen and oxygen atoms in total. The van der Waals surface area contributed by atoms with E-state index in [0.29, 0.717) is 18.7 Å². The number of hydrogen-bond acceptors (Lipinski definition) is 6. The number of nitrogens with one attached hydrogen (secondary N) is 1. The van der Waals surface area contributed by atoms with E-state index in [4.69, 9.17) is 9.42 Å². The maximum atomic E-state index is 10.7. The average molecular weight is 286 g/mol. The lowest BCUT2D eigenvalue weighted by molar-refractivity contribution is 0.106. The number of aliphatic hydroxyl groups is 1. The SMILES string of the molecule is Cc1cc(N[C@@H]2C[C@H](CO)[C@@H](O[P+](=O)O)C2)ncn1. The Morgan fingerprint density at radius 2 is 2.32 bits per heavy atom. The Hall–Kier alpha value is -1.14. The van der Waals surface area contributed by atoms with Crippen LogP contribution in [-0.2, 0) is 9.09 Å². The van der Waals surface area contributed by atoms with Crippen molar-refractivity contribution in [3.8, 4) is 0 Å². The van der Waals surface area contributed by atoms with Crippen molar-refractivity contribution in [1.82, 2.24) is 9.97 Å². The van der Waals surface area contributed by atoms with Crippen molar-refractivity contribution >= 4 is 14.1 Å². The van der Waals surface area contributed by atoms with Crippen molar-refractivity contribution in [1.29, 1.82) is 0 Å². The molecule has 1 aliphatic rings. The first-order valence-electron chi connectivity index (χ1n) is 6.07. The molecule has 19 heavy (non-hydrogen) atoms. The van der Waals surface area contributed by atoms with Crippen LogP contribution < -0.4 is 5.32 Å². The summed E-state index contributed by atoms with van der Waals surface area (Å²) in [6.07, 6.45) is 2.32. The fourth-order valence-corrected chi connectivity index (χ4v) is 2.87. The highest BCUT2D eigenvalue weighted by Gasteiger charge is 2.40. The lowest BCUT2D eigenvalue weighted by Crippen LogP contribution is -2.18. The molecule has 0 spiro atoms. The number of aryl methyl sites for hydroxylation is 1. The van der Waals surface area contributed by atoms with Crippen LogP contribution in [0.4, 0.5) is 5.82 Å². The first-order valence-corrected chi connectivity index (χ1v) is 7.20. The van der Waals surface area contributed by atoms with E-state index in [9.17, 15) is 9.67 Å². The summed E-state index contributed by atoms with van der Waals surface area (Å²) >= 11 is 0. The van der Waals surface area contributed by atoms with Crippen molar-refractivity contribution < 1.29 is 19.1 Å². The molecule has 0 radical (unpaired) electrons. The number of hydrogen-bond donors (Lipinski definition) is 3. The second-order valence-corrected chi connectivity index (χ2v) is 5.37. The molecule has 1 aromatic rings. The number of anilines is 1. The molecule has 0 saturated heterocycles. The van der Waals surface area contributed by atoms with Crippen LogP contribution >= 0.6 is 8.25 Å². The highest BCUT2D eigenvalue weighted by atomic mass is 31.1. The molecular weight excluding hydrogens is 269 g/mol. The van der Waals surface area contributed by atoms with Crippen molar-refractivity contribution in [3.63, 3.8) is 0 Å². The van der Waals surface area contributed by atoms with E-state index in [2.05, 4.69) is 15.3 Å². The fraction of sp³-hybridized carbons (Fsp3) is 0.636. The summed E-state index contributed by atoms with van der Waals surface area (Å²) < 4.78 is 15.7. The molecule has 3 N–H and O–H groups in total. The molecule has 0 amide bonds. The molecule has 0 aromatic carbocycles. The van der Waals surface area contributed by atoms with Crippen LogP contribution in [0.5, 0.6) is 0 Å². The number of aliphatic hydroxyl groups excluding tert-OH is 1. The topological polar surface area (TPSA) is 105 Å². The molecule has 8 heteroatoms. The Labute approximate surface area is 112 Å². The predicted octanol–water partition coefficient (Wildman–Crippen LogP) is 1.00. The summed E-state index contributed by atoms with van der Waals surface area (Å²) in [7, 11) is -2.64. The predicted molar refractivity (Wildman–Crippen MR) is 68.7 cm³/mol. The van der Waals surface area contributed by atoms with E-state index in [1.807, 2.05) is 13.0 Å². The molecule has 4 atom stereocenters. The van der Waals surface area contributed by atoms with E-state index in [0.717, 1.165) is 5.69 Å². The third kappa shape index (κ3) is 3.91. The summed E-state index contributed by atoms with van der Waals surface area (Å²) in [5, 5.41) is 12.5. The molecule has 1 unspecified atom stereocenters. The Morgan fingerprint density at radius 3 is 2.95 bits per heavy atom. The Bertz CT molecular complexity index is 459. The van der Waals surface area contributed by atoms with Gasteiger partial charge in [0.25, 0.3) is 0 Å². The molecule has 104 valence electrons. The minimum absolute atomic E-state index is 0.0607. The van der Waals surface area contributed by atoms with Crippen LogP contribution in [0.1, 0.15) is 18.5 Å². The fourth-order valence-electron chi connectivity index (χ4n) is 2.38. The van der Waals surface area contributed by atoms with Gasteiger partial charge in [-0.25, -0.2) is 9.97 Å². The molecule has 1 aromatic heterocycles. The van der Waals surface area contributed by atoms with Crippen LogP contribution in [0.3, 0.4) is 0 Å². The van der Waals surface area contributed by atoms with Crippen LogP contribution in [0.25, 0.3) is 0 Å². The summed E-state index contributed by atoms with van der Waals surface area (Å²) in [5.41, 5.74) is 0.862. The monoisotopic (exact) mass is 286 g/mol. The van der Waals surface area contributed by atoms with Crippen molar-refractivity contribution in [2.24, 2.45) is 5.92 Å². The molecule has 1 saturated carbocycles. The minimum atomic E-state index is -2.64. The quantitative estimate of drug-likeness (QED) is 0.693. The van der Waals surface area contributed by atoms with Gasteiger partial charge >= 0.3 is 8.25 Å². The van der Waals surface area contributed by atoms with Gasteiger partial charge in [-0.15, -0.1) is 9.42 Å². The zero-order chi connectivity index (χ0) is 13.8. The smallest absolute Gasteiger partial charge is 0.396 e. The lowest BCUT2D eigenvalue weighted by Gasteiger charge is -2.12. The van der Waals surface area contributed by atoms with Gasteiger partial charge in [0.05, 0.1) is 0 Å². The first kappa shape index (κ1) is 14.3. The van der Waals surface area contributed by atoms with Gasteiger partial charge in [-0.05, 0) is 19.8 Å². The molecular formula is C11H17N3O4P+. The Kier molecular flexibility index (Phi) is 4.76. The Morgan fingerprint density at radius 1 is 1.53 bits per heavy atom. The van der Waals surface area contributed by atoms with Crippen LogP contribution in [0.15, 0.2) is 12.4 Å². The highest BCUT2D eigenvalue weighted by Crippen LogP contribution is 2.35. The molecule has 0 aliphatic heterocycles. The van der Waals surface area contributed by atoms with Crippen molar-refractivity contribution in [3.05, 3.63) is 18.1 Å². The molecule has 1 aliphatic carbocycles. The summed E-state index contributed by atoms with van der Waals surface area (Å²) in [6, 6.07) is 1.89. The van der Waals surface area contributed by atoms with Gasteiger partial charge in [0.1, 0.15) is 18.2 Å². The number of rotatable bonds is 5. The third-order valence-electron chi connectivity index (χ3n) is 3.25. The average Bonchev–Trinajstić information content (AvgIpc) is 2.70. The van der Waals surface area contributed by atoms with Gasteiger partial charge < -0.3 is 10.4 Å². The normalized spacial score (nSPS) is 27.3. The van der Waals surface area contributed by atoms with E-state index in [-0.39, 0.29) is 18.6 Å². The largest absolute Gasteiger partial charge is 0.695 e. The van der Waals surface area contributed by atoms with Crippen LogP contribution in [0.2, 0.25) is 0 Å². The van der Waals surface area contributed by atoms with Crippen LogP contribution in [0, 0.1) is 12.8 Å². The molecule has 0 bridgehead atoms. The second kappa shape index (κ2) is 6.34. The van der Waals surface area contributed by atoms with Gasteiger partial charge in [0.15, 0.2) is 0 Å². The maximum absolute atomic E-state index is 10.7. The van der Waals surface area contributed by atoms with Gasteiger partial charge in [-0.3, -0.25) is 0 Å². The summed E-state index contributed by atoms with van der Waals surface area (Å²) in [6.45, 7) is 1.81. The minimum Gasteiger partial charge on any atom is -0.396 e. The van der Waals surface area contributed by atoms with Gasteiger partial charge in [0.2, 0.25) is 0 Å². The lowest BCUT2D eigenvalue weighted by atomic mass is 10.1. The maximum Gasteiger partial charge on any atom is 0.695 e. The van der Waals surface area contributed by atoms with E-state index in [1.54, 1.807) is 0 Å². The van der Waals surface area contributed by atoms with E-state index < -0.39 is 14.4 Å². The van der Waals surface area contributed by atoms with Crippen molar-refractivity contribution in [2.75, 3.05) is 11.9 Å². The third-order valence-corrected chi connectivity index (χ3v) is 3.70. The number of nitrogens with zero attached hydrogens (tertiary/aromatic N) is 2. The Balaban J connectivity index is 1.97. The zero-order valence-corrected chi connectivity index (χ0v) is 11.5. The zero-order valence-electron chi connectivity index (χ0n) is 10.6. The van der Waals surface area contributed by atoms with Crippen molar-refractivity contribution in [2.45, 2.75) is 31.9 Å².